The number of halogens is 1. The fraction of sp³-hybridized carbons (Fsp3) is 0.250. The number of rotatable bonds is 5. The van der Waals surface area contributed by atoms with E-state index in [0.717, 1.165) is 5.82 Å². The molecule has 1 N–H and O–H groups in total. The van der Waals surface area contributed by atoms with Crippen molar-refractivity contribution in [3.8, 4) is 0 Å². The van der Waals surface area contributed by atoms with E-state index in [4.69, 9.17) is 4.42 Å². The van der Waals surface area contributed by atoms with Crippen LogP contribution in [0.5, 0.6) is 0 Å². The molecular formula is C20H20FN5O2. The molecule has 7 nitrogen and oxygen atoms in total. The fourth-order valence-electron chi connectivity index (χ4n) is 3.14. The standard InChI is InChI=1S/C20H20FN5O2/c21-16-5-2-1-4-15(16)13-22-18-12-19(24-14-23-18)25-7-9-26(10-8-25)20(27)17-6-3-11-28-17/h1-6,11-12,14H,7-10,13H2,(H,22,23,24). The smallest absolute Gasteiger partial charge is 0.289 e. The monoisotopic (exact) mass is 381 g/mol. The van der Waals surface area contributed by atoms with Crippen molar-refractivity contribution in [2.24, 2.45) is 0 Å². The SMILES string of the molecule is O=C(c1ccco1)N1CCN(c2cc(NCc3ccccc3F)ncn2)CC1. The van der Waals surface area contributed by atoms with Crippen LogP contribution < -0.4 is 10.2 Å². The number of carbonyl (C=O) groups is 1. The van der Waals surface area contributed by atoms with E-state index in [1.807, 2.05) is 6.07 Å². The Kier molecular flexibility index (Phi) is 5.18. The Bertz CT molecular complexity index is 939. The summed E-state index contributed by atoms with van der Waals surface area (Å²) in [4.78, 5) is 24.8. The first-order valence-electron chi connectivity index (χ1n) is 9.08. The Morgan fingerprint density at radius 3 is 2.68 bits per heavy atom. The molecule has 4 rings (SSSR count). The summed E-state index contributed by atoms with van der Waals surface area (Å²) in [5.74, 6) is 1.41. The molecule has 0 aliphatic carbocycles. The normalized spacial score (nSPS) is 14.2. The molecule has 3 aromatic rings. The zero-order valence-corrected chi connectivity index (χ0v) is 15.2. The van der Waals surface area contributed by atoms with Gasteiger partial charge in [0, 0.05) is 44.4 Å². The lowest BCUT2D eigenvalue weighted by molar-refractivity contribution is 0.0714. The van der Waals surface area contributed by atoms with E-state index in [1.165, 1.54) is 18.7 Å². The third-order valence-corrected chi connectivity index (χ3v) is 4.69. The van der Waals surface area contributed by atoms with Crippen LogP contribution in [0.25, 0.3) is 0 Å². The van der Waals surface area contributed by atoms with Crippen LogP contribution in [0.2, 0.25) is 0 Å². The van der Waals surface area contributed by atoms with Crippen molar-refractivity contribution in [1.29, 1.82) is 0 Å². The highest BCUT2D eigenvalue weighted by Crippen LogP contribution is 2.18. The zero-order valence-electron chi connectivity index (χ0n) is 15.2. The maximum Gasteiger partial charge on any atom is 0.289 e. The van der Waals surface area contributed by atoms with E-state index in [1.54, 1.807) is 35.2 Å². The van der Waals surface area contributed by atoms with Crippen molar-refractivity contribution in [1.82, 2.24) is 14.9 Å². The maximum atomic E-state index is 13.7. The van der Waals surface area contributed by atoms with Gasteiger partial charge < -0.3 is 19.5 Å². The molecule has 0 atom stereocenters. The van der Waals surface area contributed by atoms with Crippen LogP contribution in [0.15, 0.2) is 59.5 Å². The van der Waals surface area contributed by atoms with Crippen molar-refractivity contribution < 1.29 is 13.6 Å². The molecule has 1 amide bonds. The molecule has 3 heterocycles. The molecule has 1 aliphatic heterocycles. The Hall–Kier alpha value is -3.42. The molecule has 1 saturated heterocycles. The predicted octanol–water partition coefficient (Wildman–Crippen LogP) is 2.78. The van der Waals surface area contributed by atoms with Crippen molar-refractivity contribution in [3.63, 3.8) is 0 Å². The van der Waals surface area contributed by atoms with Crippen LogP contribution in [-0.4, -0.2) is 47.0 Å². The number of carbonyl (C=O) groups excluding carboxylic acids is 1. The van der Waals surface area contributed by atoms with Gasteiger partial charge in [0.25, 0.3) is 5.91 Å². The number of aromatic nitrogens is 2. The second kappa shape index (κ2) is 8.08. The lowest BCUT2D eigenvalue weighted by Crippen LogP contribution is -2.49. The minimum atomic E-state index is -0.248. The molecule has 144 valence electrons. The number of hydrogen-bond donors (Lipinski definition) is 1. The third kappa shape index (κ3) is 3.95. The van der Waals surface area contributed by atoms with Gasteiger partial charge in [-0.15, -0.1) is 0 Å². The van der Waals surface area contributed by atoms with E-state index in [0.29, 0.717) is 49.9 Å². The lowest BCUT2D eigenvalue weighted by atomic mass is 10.2. The first kappa shape index (κ1) is 18.0. The van der Waals surface area contributed by atoms with Crippen LogP contribution in [-0.2, 0) is 6.54 Å². The third-order valence-electron chi connectivity index (χ3n) is 4.69. The predicted molar refractivity (Wildman–Crippen MR) is 103 cm³/mol. The van der Waals surface area contributed by atoms with Gasteiger partial charge in [-0.05, 0) is 18.2 Å². The molecule has 2 aromatic heterocycles. The topological polar surface area (TPSA) is 74.5 Å². The Labute approximate surface area is 161 Å². The second-order valence-corrected chi connectivity index (χ2v) is 6.46. The molecule has 1 fully saturated rings. The second-order valence-electron chi connectivity index (χ2n) is 6.46. The molecule has 0 spiro atoms. The van der Waals surface area contributed by atoms with Crippen LogP contribution in [0.1, 0.15) is 16.1 Å². The molecular weight excluding hydrogens is 361 g/mol. The molecule has 8 heteroatoms. The van der Waals surface area contributed by atoms with Crippen molar-refractivity contribution in [2.75, 3.05) is 36.4 Å². The highest BCUT2D eigenvalue weighted by Gasteiger charge is 2.24. The Balaban J connectivity index is 1.36. The first-order valence-corrected chi connectivity index (χ1v) is 9.08. The van der Waals surface area contributed by atoms with Crippen molar-refractivity contribution in [3.05, 3.63) is 72.2 Å². The highest BCUT2D eigenvalue weighted by molar-refractivity contribution is 5.91. The molecule has 0 saturated carbocycles. The van der Waals surface area contributed by atoms with Crippen molar-refractivity contribution in [2.45, 2.75) is 6.54 Å². The molecule has 28 heavy (non-hydrogen) atoms. The quantitative estimate of drug-likeness (QED) is 0.733. The van der Waals surface area contributed by atoms with Gasteiger partial charge in [-0.2, -0.15) is 0 Å². The lowest BCUT2D eigenvalue weighted by Gasteiger charge is -2.35. The van der Waals surface area contributed by atoms with Crippen LogP contribution in [0, 0.1) is 5.82 Å². The minimum absolute atomic E-state index is 0.0976. The molecule has 0 radical (unpaired) electrons. The number of benzene rings is 1. The number of nitrogens with one attached hydrogen (secondary N) is 1. The Morgan fingerprint density at radius 1 is 1.11 bits per heavy atom. The maximum absolute atomic E-state index is 13.7. The van der Waals surface area contributed by atoms with Crippen LogP contribution >= 0.6 is 0 Å². The summed E-state index contributed by atoms with van der Waals surface area (Å²) in [6, 6.07) is 11.9. The number of nitrogens with zero attached hydrogens (tertiary/aromatic N) is 4. The van der Waals surface area contributed by atoms with E-state index in [9.17, 15) is 9.18 Å². The van der Waals surface area contributed by atoms with E-state index in [-0.39, 0.29) is 11.7 Å². The average molecular weight is 381 g/mol. The first-order chi connectivity index (χ1) is 13.7. The molecule has 0 unspecified atom stereocenters. The number of piperazine rings is 1. The van der Waals surface area contributed by atoms with Crippen LogP contribution in [0.3, 0.4) is 0 Å². The van der Waals surface area contributed by atoms with Gasteiger partial charge >= 0.3 is 0 Å². The zero-order chi connectivity index (χ0) is 19.3. The van der Waals surface area contributed by atoms with Gasteiger partial charge in [0.15, 0.2) is 5.76 Å². The Morgan fingerprint density at radius 2 is 1.93 bits per heavy atom. The summed E-state index contributed by atoms with van der Waals surface area (Å²) in [7, 11) is 0. The van der Waals surface area contributed by atoms with Crippen LogP contribution in [0.4, 0.5) is 16.0 Å². The summed E-state index contributed by atoms with van der Waals surface area (Å²) in [5.41, 5.74) is 0.577. The molecule has 0 bridgehead atoms. The summed E-state index contributed by atoms with van der Waals surface area (Å²) < 4.78 is 18.9. The summed E-state index contributed by atoms with van der Waals surface area (Å²) in [6.07, 6.45) is 2.99. The molecule has 1 aliphatic rings. The van der Waals surface area contributed by atoms with Gasteiger partial charge in [0.1, 0.15) is 23.8 Å². The largest absolute Gasteiger partial charge is 0.459 e. The average Bonchev–Trinajstić information content (AvgIpc) is 3.28. The van der Waals surface area contributed by atoms with Gasteiger partial charge in [-0.3, -0.25) is 4.79 Å². The van der Waals surface area contributed by atoms with Gasteiger partial charge in [0.2, 0.25) is 0 Å². The summed E-state index contributed by atoms with van der Waals surface area (Å²) >= 11 is 0. The van der Waals surface area contributed by atoms with E-state index < -0.39 is 0 Å². The fourth-order valence-corrected chi connectivity index (χ4v) is 3.14. The number of furan rings is 1. The number of amides is 1. The van der Waals surface area contributed by atoms with E-state index >= 15 is 0 Å². The highest BCUT2D eigenvalue weighted by atomic mass is 19.1. The molecule has 1 aromatic carbocycles. The van der Waals surface area contributed by atoms with Gasteiger partial charge in [-0.1, -0.05) is 18.2 Å². The minimum Gasteiger partial charge on any atom is -0.459 e. The van der Waals surface area contributed by atoms with E-state index in [2.05, 4.69) is 20.2 Å². The van der Waals surface area contributed by atoms with Gasteiger partial charge in [-0.25, -0.2) is 14.4 Å². The summed E-state index contributed by atoms with van der Waals surface area (Å²) in [5, 5.41) is 3.13. The van der Waals surface area contributed by atoms with Crippen molar-refractivity contribution >= 4 is 17.5 Å². The number of anilines is 2. The van der Waals surface area contributed by atoms with Gasteiger partial charge in [0.05, 0.1) is 6.26 Å². The number of hydrogen-bond acceptors (Lipinski definition) is 6. The summed E-state index contributed by atoms with van der Waals surface area (Å²) in [6.45, 7) is 2.84.